The minimum Gasteiger partial charge on any atom is -0.303 e. The predicted octanol–water partition coefficient (Wildman–Crippen LogP) is 3.43. The number of aldehydes is 1. The zero-order valence-corrected chi connectivity index (χ0v) is 8.38. The Hall–Kier alpha value is -1.11. The van der Waals surface area contributed by atoms with E-state index in [4.69, 9.17) is 0 Å². The molecule has 0 fully saturated rings. The lowest BCUT2D eigenvalue weighted by Crippen LogP contribution is -1.81. The van der Waals surface area contributed by atoms with Crippen molar-refractivity contribution >= 4 is 6.29 Å². The molecule has 0 aliphatic carbocycles. The summed E-state index contributed by atoms with van der Waals surface area (Å²) in [6.45, 7) is 9.53. The number of carbonyl (C=O) groups is 1. The van der Waals surface area contributed by atoms with Crippen LogP contribution >= 0.6 is 0 Å². The van der Waals surface area contributed by atoms with E-state index >= 15 is 0 Å². The topological polar surface area (TPSA) is 17.1 Å². The summed E-state index contributed by atoms with van der Waals surface area (Å²) in [5.74, 6) is 0. The van der Waals surface area contributed by atoms with E-state index in [-0.39, 0.29) is 0 Å². The monoisotopic (exact) mass is 178 g/mol. The number of rotatable bonds is 7. The van der Waals surface area contributed by atoms with Crippen LogP contribution in [0.5, 0.6) is 0 Å². The Labute approximate surface area is 80.8 Å². The van der Waals surface area contributed by atoms with Crippen LogP contribution in [0, 0.1) is 0 Å². The molecular formula is C12H18O. The second kappa shape index (κ2) is 7.53. The predicted molar refractivity (Wildman–Crippen MR) is 57.6 cm³/mol. The molecule has 0 heterocycles. The normalized spacial score (nSPS) is 11.0. The molecule has 0 unspecified atom stereocenters. The van der Waals surface area contributed by atoms with Crippen molar-refractivity contribution in [2.75, 3.05) is 0 Å². The van der Waals surface area contributed by atoms with Gasteiger partial charge in [0.25, 0.3) is 0 Å². The first-order valence-electron chi connectivity index (χ1n) is 4.60. The molecule has 0 aromatic rings. The van der Waals surface area contributed by atoms with Gasteiger partial charge < -0.3 is 4.79 Å². The molecule has 0 amide bonds. The van der Waals surface area contributed by atoms with Crippen LogP contribution in [0.2, 0.25) is 0 Å². The third-order valence-corrected chi connectivity index (χ3v) is 1.90. The van der Waals surface area contributed by atoms with Crippen molar-refractivity contribution in [3.8, 4) is 0 Å². The minimum atomic E-state index is 0.630. The van der Waals surface area contributed by atoms with E-state index < -0.39 is 0 Å². The minimum absolute atomic E-state index is 0.630. The summed E-state index contributed by atoms with van der Waals surface area (Å²) >= 11 is 0. The van der Waals surface area contributed by atoms with Crippen molar-refractivity contribution in [2.45, 2.75) is 32.6 Å². The molecule has 0 rings (SSSR count). The molecular weight excluding hydrogens is 160 g/mol. The highest BCUT2D eigenvalue weighted by Crippen LogP contribution is 2.08. The first-order chi connectivity index (χ1) is 6.20. The van der Waals surface area contributed by atoms with Gasteiger partial charge in [0.1, 0.15) is 6.29 Å². The quantitative estimate of drug-likeness (QED) is 0.331. The summed E-state index contributed by atoms with van der Waals surface area (Å²) in [6.07, 6.45) is 8.37. The zero-order valence-electron chi connectivity index (χ0n) is 8.38. The molecule has 0 radical (unpaired) electrons. The smallest absolute Gasteiger partial charge is 0.120 e. The number of carbonyl (C=O) groups excluding carboxylic acids is 1. The molecule has 13 heavy (non-hydrogen) atoms. The lowest BCUT2D eigenvalue weighted by molar-refractivity contribution is -0.107. The number of allylic oxidation sites excluding steroid dienone is 4. The van der Waals surface area contributed by atoms with Crippen molar-refractivity contribution in [2.24, 2.45) is 0 Å². The largest absolute Gasteiger partial charge is 0.303 e. The van der Waals surface area contributed by atoms with E-state index in [0.717, 1.165) is 31.1 Å². The van der Waals surface area contributed by atoms with Gasteiger partial charge in [0.15, 0.2) is 0 Å². The van der Waals surface area contributed by atoms with Gasteiger partial charge in [0, 0.05) is 6.42 Å². The highest BCUT2D eigenvalue weighted by Gasteiger charge is 1.90. The maximum Gasteiger partial charge on any atom is 0.120 e. The SMILES string of the molecule is C=CC(=C)CCC=C(C)CCC=O. The first-order valence-corrected chi connectivity index (χ1v) is 4.60. The van der Waals surface area contributed by atoms with E-state index in [9.17, 15) is 4.79 Å². The van der Waals surface area contributed by atoms with Crippen molar-refractivity contribution in [3.63, 3.8) is 0 Å². The van der Waals surface area contributed by atoms with E-state index in [1.807, 2.05) is 0 Å². The molecule has 72 valence electrons. The van der Waals surface area contributed by atoms with Crippen LogP contribution < -0.4 is 0 Å². The summed E-state index contributed by atoms with van der Waals surface area (Å²) in [7, 11) is 0. The van der Waals surface area contributed by atoms with Gasteiger partial charge in [-0.3, -0.25) is 0 Å². The Bertz CT molecular complexity index is 211. The highest BCUT2D eigenvalue weighted by molar-refractivity contribution is 5.49. The van der Waals surface area contributed by atoms with Gasteiger partial charge >= 0.3 is 0 Å². The Balaban J connectivity index is 3.63. The van der Waals surface area contributed by atoms with Crippen LogP contribution in [0.1, 0.15) is 32.6 Å². The lowest BCUT2D eigenvalue weighted by Gasteiger charge is -1.98. The standard InChI is InChI=1S/C12H18O/c1-4-11(2)7-5-8-12(3)9-6-10-13/h4,8,10H,1-2,5-7,9H2,3H3. The van der Waals surface area contributed by atoms with Gasteiger partial charge in [-0.15, -0.1) is 0 Å². The van der Waals surface area contributed by atoms with Gasteiger partial charge in [-0.05, 0) is 26.2 Å². The molecule has 0 aromatic heterocycles. The summed E-state index contributed by atoms with van der Waals surface area (Å²) in [4.78, 5) is 10.1. The van der Waals surface area contributed by atoms with E-state index in [0.29, 0.717) is 6.42 Å². The second-order valence-electron chi connectivity index (χ2n) is 3.16. The van der Waals surface area contributed by atoms with Crippen molar-refractivity contribution in [3.05, 3.63) is 36.5 Å². The van der Waals surface area contributed by atoms with Gasteiger partial charge in [-0.25, -0.2) is 0 Å². The van der Waals surface area contributed by atoms with E-state index in [1.165, 1.54) is 5.57 Å². The molecule has 0 aliphatic rings. The molecule has 0 aliphatic heterocycles. The van der Waals surface area contributed by atoms with Crippen molar-refractivity contribution in [1.82, 2.24) is 0 Å². The number of hydrogen-bond donors (Lipinski definition) is 0. The van der Waals surface area contributed by atoms with Crippen LogP contribution in [0.15, 0.2) is 36.5 Å². The van der Waals surface area contributed by atoms with E-state index in [2.05, 4.69) is 26.2 Å². The Morgan fingerprint density at radius 2 is 2.00 bits per heavy atom. The molecule has 0 bridgehead atoms. The van der Waals surface area contributed by atoms with E-state index in [1.54, 1.807) is 6.08 Å². The fraction of sp³-hybridized carbons (Fsp3) is 0.417. The lowest BCUT2D eigenvalue weighted by atomic mass is 10.1. The van der Waals surface area contributed by atoms with Crippen LogP contribution in [0.4, 0.5) is 0 Å². The van der Waals surface area contributed by atoms with Gasteiger partial charge in [-0.1, -0.05) is 36.5 Å². The third-order valence-electron chi connectivity index (χ3n) is 1.90. The zero-order chi connectivity index (χ0) is 10.1. The summed E-state index contributed by atoms with van der Waals surface area (Å²) in [6, 6.07) is 0. The van der Waals surface area contributed by atoms with Gasteiger partial charge in [-0.2, -0.15) is 0 Å². The third kappa shape index (κ3) is 7.26. The van der Waals surface area contributed by atoms with Crippen molar-refractivity contribution in [1.29, 1.82) is 0 Å². The first kappa shape index (κ1) is 11.9. The summed E-state index contributed by atoms with van der Waals surface area (Å²) in [5.41, 5.74) is 2.35. The summed E-state index contributed by atoms with van der Waals surface area (Å²) in [5, 5.41) is 0. The molecule has 1 nitrogen and oxygen atoms in total. The van der Waals surface area contributed by atoms with Crippen LogP contribution in [-0.2, 0) is 4.79 Å². The second-order valence-corrected chi connectivity index (χ2v) is 3.16. The highest BCUT2D eigenvalue weighted by atomic mass is 16.1. The van der Waals surface area contributed by atoms with Crippen LogP contribution in [-0.4, -0.2) is 6.29 Å². The van der Waals surface area contributed by atoms with Crippen LogP contribution in [0.3, 0.4) is 0 Å². The van der Waals surface area contributed by atoms with Crippen LogP contribution in [0.25, 0.3) is 0 Å². The molecule has 0 spiro atoms. The fourth-order valence-electron chi connectivity index (χ4n) is 0.995. The molecule has 0 atom stereocenters. The van der Waals surface area contributed by atoms with Gasteiger partial charge in [0.2, 0.25) is 0 Å². The molecule has 0 aromatic carbocycles. The molecule has 0 saturated carbocycles. The van der Waals surface area contributed by atoms with Crippen molar-refractivity contribution < 1.29 is 4.79 Å². The maximum atomic E-state index is 10.1. The summed E-state index contributed by atoms with van der Waals surface area (Å²) < 4.78 is 0. The van der Waals surface area contributed by atoms with Gasteiger partial charge in [0.05, 0.1) is 0 Å². The molecule has 1 heteroatoms. The fourth-order valence-corrected chi connectivity index (χ4v) is 0.995. The molecule has 0 N–H and O–H groups in total. The Morgan fingerprint density at radius 3 is 2.54 bits per heavy atom. The molecule has 0 saturated heterocycles. The average molecular weight is 178 g/mol. The number of hydrogen-bond acceptors (Lipinski definition) is 1. The Kier molecular flexibility index (Phi) is 6.89. The maximum absolute atomic E-state index is 10.1. The average Bonchev–Trinajstić information content (AvgIpc) is 2.14. The Morgan fingerprint density at radius 1 is 1.31 bits per heavy atom.